The molecule has 1 aliphatic carbocycles. The lowest BCUT2D eigenvalue weighted by Crippen LogP contribution is -2.35. The lowest BCUT2D eigenvalue weighted by molar-refractivity contribution is -0.122. The molecular weight excluding hydrogens is 432 g/mol. The number of aromatic nitrogens is 2. The molecule has 3 N–H and O–H groups in total. The smallest absolute Gasteiger partial charge is 0.338 e. The van der Waals surface area contributed by atoms with Gasteiger partial charge in [-0.3, -0.25) is 9.59 Å². The van der Waals surface area contributed by atoms with Crippen molar-refractivity contribution in [2.75, 3.05) is 17.7 Å². The Morgan fingerprint density at radius 2 is 1.91 bits per heavy atom. The van der Waals surface area contributed by atoms with E-state index in [1.165, 1.54) is 18.0 Å². The van der Waals surface area contributed by atoms with Gasteiger partial charge in [0.15, 0.2) is 5.16 Å². The number of benzene rings is 1. The highest BCUT2D eigenvalue weighted by Gasteiger charge is 2.20. The third-order valence-corrected chi connectivity index (χ3v) is 6.09. The van der Waals surface area contributed by atoms with Crippen LogP contribution < -0.4 is 10.6 Å². The number of hydrogen-bond acceptors (Lipinski definition) is 7. The van der Waals surface area contributed by atoms with Crippen molar-refractivity contribution in [3.63, 3.8) is 0 Å². The molecule has 2 aromatic rings. The van der Waals surface area contributed by atoms with E-state index in [2.05, 4.69) is 15.6 Å². The molecule has 1 aromatic heterocycles. The zero-order valence-corrected chi connectivity index (χ0v) is 18.8. The van der Waals surface area contributed by atoms with Crippen molar-refractivity contribution in [1.82, 2.24) is 14.9 Å². The molecule has 0 atom stereocenters. The van der Waals surface area contributed by atoms with Gasteiger partial charge in [0.1, 0.15) is 6.54 Å². The Kier molecular flexibility index (Phi) is 8.69. The second-order valence-electron chi connectivity index (χ2n) is 7.46. The van der Waals surface area contributed by atoms with E-state index in [4.69, 9.17) is 4.74 Å². The molecule has 2 amide bonds. The number of imidazole rings is 1. The number of aliphatic hydroxyl groups excluding tert-OH is 1. The van der Waals surface area contributed by atoms with E-state index >= 15 is 0 Å². The zero-order chi connectivity index (χ0) is 22.9. The maximum atomic E-state index is 12.4. The Hall–Kier alpha value is -2.85. The maximum Gasteiger partial charge on any atom is 0.338 e. The molecule has 10 heteroatoms. The molecule has 3 rings (SSSR count). The first kappa shape index (κ1) is 23.8. The van der Waals surface area contributed by atoms with Crippen molar-refractivity contribution in [3.8, 4) is 0 Å². The first-order valence-corrected chi connectivity index (χ1v) is 11.6. The molecule has 0 spiro atoms. The number of hydrogen-bond donors (Lipinski definition) is 3. The van der Waals surface area contributed by atoms with Crippen LogP contribution in [0.15, 0.2) is 35.6 Å². The molecule has 9 nitrogen and oxygen atoms in total. The molecule has 0 bridgehead atoms. The first-order valence-electron chi connectivity index (χ1n) is 10.6. The van der Waals surface area contributed by atoms with Gasteiger partial charge in [-0.2, -0.15) is 0 Å². The second kappa shape index (κ2) is 11.7. The fraction of sp³-hybridized carbons (Fsp3) is 0.455. The van der Waals surface area contributed by atoms with Gasteiger partial charge in [0.25, 0.3) is 0 Å². The van der Waals surface area contributed by atoms with E-state index in [9.17, 15) is 19.5 Å². The van der Waals surface area contributed by atoms with Crippen molar-refractivity contribution >= 4 is 35.2 Å². The van der Waals surface area contributed by atoms with Crippen LogP contribution in [0.25, 0.3) is 0 Å². The predicted octanol–water partition coefficient (Wildman–Crippen LogP) is 2.34. The molecule has 1 aliphatic rings. The molecule has 32 heavy (non-hydrogen) atoms. The number of carbonyl (C=O) groups excluding carboxylic acids is 3. The largest absolute Gasteiger partial charge is 0.462 e. The monoisotopic (exact) mass is 460 g/mol. The standard InChI is InChI=1S/C22H28N4O5S/c1-2-31-21(30)15-7-9-17(10-8-15)25-20(29)14-32-22-23-11-18(13-27)26(22)12-19(28)24-16-5-3-4-6-16/h7-11,16,27H,2-6,12-14H2,1H3,(H,24,28)(H,25,29). The Bertz CT molecular complexity index is 938. The van der Waals surface area contributed by atoms with Crippen LogP contribution in [0, 0.1) is 0 Å². The zero-order valence-electron chi connectivity index (χ0n) is 18.0. The molecule has 172 valence electrons. The Labute approximate surface area is 190 Å². The Balaban J connectivity index is 1.54. The number of thioether (sulfide) groups is 1. The van der Waals surface area contributed by atoms with Crippen LogP contribution in [0.3, 0.4) is 0 Å². The molecule has 1 saturated carbocycles. The fourth-order valence-corrected chi connectivity index (χ4v) is 4.32. The lowest BCUT2D eigenvalue weighted by atomic mass is 10.2. The van der Waals surface area contributed by atoms with Gasteiger partial charge in [-0.1, -0.05) is 24.6 Å². The van der Waals surface area contributed by atoms with Gasteiger partial charge in [-0.15, -0.1) is 0 Å². The quantitative estimate of drug-likeness (QED) is 0.367. The third-order valence-electron chi connectivity index (χ3n) is 5.10. The molecular formula is C22H28N4O5S. The summed E-state index contributed by atoms with van der Waals surface area (Å²) in [5, 5.41) is 15.9. The summed E-state index contributed by atoms with van der Waals surface area (Å²) in [7, 11) is 0. The SMILES string of the molecule is CCOC(=O)c1ccc(NC(=O)CSc2ncc(CO)n2CC(=O)NC2CCCC2)cc1. The normalized spacial score (nSPS) is 13.7. The van der Waals surface area contributed by atoms with E-state index in [1.54, 1.807) is 35.8 Å². The number of amides is 2. The van der Waals surface area contributed by atoms with Gasteiger partial charge < -0.3 is 25.0 Å². The number of aliphatic hydroxyl groups is 1. The van der Waals surface area contributed by atoms with Gasteiger partial charge in [0, 0.05) is 11.7 Å². The van der Waals surface area contributed by atoms with Crippen LogP contribution in [-0.2, 0) is 27.5 Å². The van der Waals surface area contributed by atoms with Gasteiger partial charge in [-0.25, -0.2) is 9.78 Å². The van der Waals surface area contributed by atoms with Crippen LogP contribution in [0.2, 0.25) is 0 Å². The highest BCUT2D eigenvalue weighted by atomic mass is 32.2. The van der Waals surface area contributed by atoms with Crippen molar-refractivity contribution in [2.45, 2.75) is 57.0 Å². The molecule has 0 unspecified atom stereocenters. The topological polar surface area (TPSA) is 123 Å². The number of rotatable bonds is 10. The molecule has 0 aliphatic heterocycles. The van der Waals surface area contributed by atoms with E-state index in [0.717, 1.165) is 25.7 Å². The number of nitrogens with zero attached hydrogens (tertiary/aromatic N) is 2. The summed E-state index contributed by atoms with van der Waals surface area (Å²) in [6.45, 7) is 1.83. The van der Waals surface area contributed by atoms with E-state index in [-0.39, 0.29) is 36.8 Å². The van der Waals surface area contributed by atoms with E-state index in [0.29, 0.717) is 28.7 Å². The highest BCUT2D eigenvalue weighted by Crippen LogP contribution is 2.21. The lowest BCUT2D eigenvalue weighted by Gasteiger charge is -2.14. The Morgan fingerprint density at radius 1 is 1.19 bits per heavy atom. The summed E-state index contributed by atoms with van der Waals surface area (Å²) in [5.74, 6) is -0.720. The number of carbonyl (C=O) groups is 3. The number of ether oxygens (including phenoxy) is 1. The minimum absolute atomic E-state index is 0.0473. The van der Waals surface area contributed by atoms with Gasteiger partial charge >= 0.3 is 5.97 Å². The number of nitrogens with one attached hydrogen (secondary N) is 2. The average Bonchev–Trinajstić information content (AvgIpc) is 3.42. The van der Waals surface area contributed by atoms with Crippen LogP contribution in [0.5, 0.6) is 0 Å². The van der Waals surface area contributed by atoms with Crippen molar-refractivity contribution in [2.24, 2.45) is 0 Å². The average molecular weight is 461 g/mol. The molecule has 0 radical (unpaired) electrons. The van der Waals surface area contributed by atoms with Crippen LogP contribution >= 0.6 is 11.8 Å². The fourth-order valence-electron chi connectivity index (χ4n) is 3.52. The van der Waals surface area contributed by atoms with Gasteiger partial charge in [0.05, 0.1) is 36.4 Å². The third kappa shape index (κ3) is 6.57. The van der Waals surface area contributed by atoms with Crippen LogP contribution in [0.1, 0.15) is 48.7 Å². The van der Waals surface area contributed by atoms with Crippen LogP contribution in [0.4, 0.5) is 5.69 Å². The molecule has 1 heterocycles. The summed E-state index contributed by atoms with van der Waals surface area (Å²) in [4.78, 5) is 40.7. The first-order chi connectivity index (χ1) is 15.5. The molecule has 0 saturated heterocycles. The van der Waals surface area contributed by atoms with E-state index in [1.807, 2.05) is 0 Å². The summed E-state index contributed by atoms with van der Waals surface area (Å²) in [6, 6.07) is 6.65. The van der Waals surface area contributed by atoms with Crippen molar-refractivity contribution in [3.05, 3.63) is 41.7 Å². The maximum absolute atomic E-state index is 12.4. The summed E-state index contributed by atoms with van der Waals surface area (Å²) in [6.07, 6.45) is 5.74. The van der Waals surface area contributed by atoms with E-state index < -0.39 is 5.97 Å². The summed E-state index contributed by atoms with van der Waals surface area (Å²) >= 11 is 1.18. The van der Waals surface area contributed by atoms with Gasteiger partial charge in [-0.05, 0) is 44.0 Å². The molecule has 1 aromatic carbocycles. The Morgan fingerprint density at radius 3 is 2.56 bits per heavy atom. The summed E-state index contributed by atoms with van der Waals surface area (Å²) in [5.41, 5.74) is 1.48. The van der Waals surface area contributed by atoms with Crippen molar-refractivity contribution < 1.29 is 24.2 Å². The second-order valence-corrected chi connectivity index (χ2v) is 8.40. The highest BCUT2D eigenvalue weighted by molar-refractivity contribution is 7.99. The van der Waals surface area contributed by atoms with Crippen LogP contribution in [-0.4, -0.2) is 50.8 Å². The minimum atomic E-state index is -0.413. The molecule has 1 fully saturated rings. The number of anilines is 1. The van der Waals surface area contributed by atoms with Crippen molar-refractivity contribution in [1.29, 1.82) is 0 Å². The predicted molar refractivity (Wildman–Crippen MR) is 120 cm³/mol. The number of esters is 1. The van der Waals surface area contributed by atoms with Gasteiger partial charge in [0.2, 0.25) is 11.8 Å². The minimum Gasteiger partial charge on any atom is -0.462 e. The summed E-state index contributed by atoms with van der Waals surface area (Å²) < 4.78 is 6.57.